The maximum atomic E-state index is 11.7. The van der Waals surface area contributed by atoms with Crippen LogP contribution in [0.25, 0.3) is 0 Å². The lowest BCUT2D eigenvalue weighted by Crippen LogP contribution is -2.43. The summed E-state index contributed by atoms with van der Waals surface area (Å²) in [6.07, 6.45) is 2.41. The van der Waals surface area contributed by atoms with Crippen molar-refractivity contribution in [1.82, 2.24) is 0 Å². The van der Waals surface area contributed by atoms with Gasteiger partial charge in [0.1, 0.15) is 19.0 Å². The molecule has 118 valence electrons. The van der Waals surface area contributed by atoms with Crippen LogP contribution in [-0.2, 0) is 14.4 Å². The summed E-state index contributed by atoms with van der Waals surface area (Å²) in [5.74, 6) is 1.15. The third-order valence-electron chi connectivity index (χ3n) is 4.39. The van der Waals surface area contributed by atoms with Crippen LogP contribution in [0.15, 0.2) is 29.4 Å². The molecule has 1 fully saturated rings. The predicted molar refractivity (Wildman–Crippen MR) is 81.9 cm³/mol. The zero-order valence-electron chi connectivity index (χ0n) is 13.0. The van der Waals surface area contributed by atoms with E-state index in [4.69, 9.17) is 14.3 Å². The van der Waals surface area contributed by atoms with E-state index in [-0.39, 0.29) is 18.0 Å². The van der Waals surface area contributed by atoms with Gasteiger partial charge in [0, 0.05) is 12.0 Å². The number of ether oxygens (including phenoxy) is 2. The second-order valence-electron chi connectivity index (χ2n) is 5.76. The number of nitrogens with zero attached hydrogens (tertiary/aromatic N) is 1. The van der Waals surface area contributed by atoms with E-state index in [1.165, 1.54) is 0 Å². The molecule has 1 aliphatic carbocycles. The molecule has 1 saturated carbocycles. The van der Waals surface area contributed by atoms with E-state index in [1.54, 1.807) is 7.11 Å². The fraction of sp³-hybridized carbons (Fsp3) is 0.529. The van der Waals surface area contributed by atoms with Gasteiger partial charge in [-0.1, -0.05) is 17.3 Å². The van der Waals surface area contributed by atoms with E-state index in [0.29, 0.717) is 18.9 Å². The Morgan fingerprint density at radius 3 is 2.86 bits per heavy atom. The maximum absolute atomic E-state index is 11.7. The van der Waals surface area contributed by atoms with Gasteiger partial charge in [0.05, 0.1) is 18.2 Å². The lowest BCUT2D eigenvalue weighted by Gasteiger charge is -2.40. The third kappa shape index (κ3) is 2.80. The Morgan fingerprint density at radius 1 is 1.36 bits per heavy atom. The molecule has 0 spiro atoms. The van der Waals surface area contributed by atoms with Crippen molar-refractivity contribution in [3.05, 3.63) is 29.8 Å². The summed E-state index contributed by atoms with van der Waals surface area (Å²) in [4.78, 5) is 16.7. The Balaban J connectivity index is 1.68. The maximum Gasteiger partial charge on any atom is 0.308 e. The number of benzene rings is 1. The molecule has 0 aromatic heterocycles. The van der Waals surface area contributed by atoms with Gasteiger partial charge in [0.25, 0.3) is 0 Å². The molecule has 1 heterocycles. The van der Waals surface area contributed by atoms with Crippen molar-refractivity contribution in [2.24, 2.45) is 17.0 Å². The van der Waals surface area contributed by atoms with Gasteiger partial charge < -0.3 is 14.3 Å². The highest BCUT2D eigenvalue weighted by molar-refractivity contribution is 6.03. The fourth-order valence-electron chi connectivity index (χ4n) is 3.19. The molecule has 1 atom stereocenters. The van der Waals surface area contributed by atoms with Crippen LogP contribution in [0.2, 0.25) is 0 Å². The Kier molecular flexibility index (Phi) is 4.32. The molecule has 0 N–H and O–H groups in total. The monoisotopic (exact) mass is 303 g/mol. The minimum Gasteiger partial charge on any atom is -0.489 e. The smallest absolute Gasteiger partial charge is 0.308 e. The quantitative estimate of drug-likeness (QED) is 0.634. The number of para-hydroxylation sites is 1. The summed E-state index contributed by atoms with van der Waals surface area (Å²) in [5.41, 5.74) is 1.90. The van der Waals surface area contributed by atoms with Crippen LogP contribution < -0.4 is 4.74 Å². The highest BCUT2D eigenvalue weighted by Gasteiger charge is 2.43. The lowest BCUT2D eigenvalue weighted by molar-refractivity contribution is -0.154. The number of fused-ring (bicyclic) bond motifs is 1. The van der Waals surface area contributed by atoms with Gasteiger partial charge in [-0.05, 0) is 37.8 Å². The van der Waals surface area contributed by atoms with Gasteiger partial charge in [-0.2, -0.15) is 0 Å². The van der Waals surface area contributed by atoms with Gasteiger partial charge in [0.15, 0.2) is 0 Å². The molecule has 5 heteroatoms. The number of hydrogen-bond donors (Lipinski definition) is 0. The Morgan fingerprint density at radius 2 is 2.14 bits per heavy atom. The average Bonchev–Trinajstić information content (AvgIpc) is 2.46. The van der Waals surface area contributed by atoms with Crippen molar-refractivity contribution in [1.29, 1.82) is 0 Å². The Labute approximate surface area is 130 Å². The van der Waals surface area contributed by atoms with Crippen LogP contribution in [0, 0.1) is 11.8 Å². The third-order valence-corrected chi connectivity index (χ3v) is 4.39. The van der Waals surface area contributed by atoms with Crippen LogP contribution in [0.5, 0.6) is 5.75 Å². The summed E-state index contributed by atoms with van der Waals surface area (Å²) in [6, 6.07) is 7.86. The Bertz CT molecular complexity index is 578. The fourth-order valence-corrected chi connectivity index (χ4v) is 3.19. The van der Waals surface area contributed by atoms with Crippen molar-refractivity contribution in [3.8, 4) is 5.75 Å². The summed E-state index contributed by atoms with van der Waals surface area (Å²) >= 11 is 0. The van der Waals surface area contributed by atoms with Crippen LogP contribution >= 0.6 is 0 Å². The molecular formula is C17H21NO4. The summed E-state index contributed by atoms with van der Waals surface area (Å²) in [5, 5.41) is 4.14. The second-order valence-corrected chi connectivity index (χ2v) is 5.76. The van der Waals surface area contributed by atoms with Gasteiger partial charge in [-0.3, -0.25) is 4.79 Å². The normalized spacial score (nSPS) is 28.3. The zero-order valence-corrected chi connectivity index (χ0v) is 13.0. The van der Waals surface area contributed by atoms with E-state index >= 15 is 0 Å². The molecule has 0 saturated heterocycles. The number of oxime groups is 1. The molecule has 22 heavy (non-hydrogen) atoms. The number of carbonyl (C=O) groups excluding carboxylic acids is 1. The Hall–Kier alpha value is -2.04. The number of esters is 1. The predicted octanol–water partition coefficient (Wildman–Crippen LogP) is 2.78. The van der Waals surface area contributed by atoms with Crippen LogP contribution in [-0.4, -0.2) is 31.5 Å². The zero-order chi connectivity index (χ0) is 15.5. The summed E-state index contributed by atoms with van der Waals surface area (Å²) in [6.45, 7) is 2.28. The second kappa shape index (κ2) is 6.38. The number of rotatable bonds is 4. The van der Waals surface area contributed by atoms with E-state index in [0.717, 1.165) is 29.9 Å². The van der Waals surface area contributed by atoms with E-state index in [9.17, 15) is 4.79 Å². The number of carbonyl (C=O) groups is 1. The van der Waals surface area contributed by atoms with Gasteiger partial charge in [-0.15, -0.1) is 0 Å². The van der Waals surface area contributed by atoms with E-state index in [1.807, 2.05) is 31.2 Å². The summed E-state index contributed by atoms with van der Waals surface area (Å²) < 4.78 is 11.2. The van der Waals surface area contributed by atoms with E-state index < -0.39 is 0 Å². The minimum absolute atomic E-state index is 0.0218. The van der Waals surface area contributed by atoms with Crippen LogP contribution in [0.1, 0.15) is 31.7 Å². The molecule has 1 aliphatic heterocycles. The van der Waals surface area contributed by atoms with Crippen molar-refractivity contribution in [2.75, 3.05) is 13.7 Å². The first-order valence-corrected chi connectivity index (χ1v) is 7.75. The molecule has 0 amide bonds. The van der Waals surface area contributed by atoms with Crippen molar-refractivity contribution >= 4 is 11.7 Å². The van der Waals surface area contributed by atoms with Gasteiger partial charge >= 0.3 is 5.97 Å². The largest absolute Gasteiger partial charge is 0.489 e. The highest BCUT2D eigenvalue weighted by Crippen LogP contribution is 2.42. The number of hydrogen-bond acceptors (Lipinski definition) is 5. The molecular weight excluding hydrogens is 282 g/mol. The first-order valence-electron chi connectivity index (χ1n) is 7.75. The molecule has 3 rings (SSSR count). The van der Waals surface area contributed by atoms with E-state index in [2.05, 4.69) is 5.16 Å². The van der Waals surface area contributed by atoms with Crippen molar-refractivity contribution < 1.29 is 19.1 Å². The minimum atomic E-state index is -0.0826. The molecule has 0 bridgehead atoms. The standard InChI is InChI=1S/C17H21NO4/c1-3-21-17(19)12-8-11(9-12)16-10-14(18-20-2)13-6-4-5-7-15(13)22-16/h4-7,11-12,16H,3,8-10H2,1-2H3. The highest BCUT2D eigenvalue weighted by atomic mass is 16.6. The van der Waals surface area contributed by atoms with Crippen molar-refractivity contribution in [3.63, 3.8) is 0 Å². The lowest BCUT2D eigenvalue weighted by atomic mass is 9.70. The average molecular weight is 303 g/mol. The molecule has 1 aromatic carbocycles. The summed E-state index contributed by atoms with van der Waals surface area (Å²) in [7, 11) is 1.56. The van der Waals surface area contributed by atoms with Crippen LogP contribution in [0.4, 0.5) is 0 Å². The SMILES string of the molecule is CCOC(=O)C1CC(C2CC(=NOC)c3ccccc3O2)C1. The first-order chi connectivity index (χ1) is 10.7. The van der Waals surface area contributed by atoms with Crippen molar-refractivity contribution in [2.45, 2.75) is 32.3 Å². The molecule has 5 nitrogen and oxygen atoms in total. The molecule has 1 unspecified atom stereocenters. The first kappa shape index (κ1) is 14.9. The molecule has 2 aliphatic rings. The topological polar surface area (TPSA) is 57.1 Å². The van der Waals surface area contributed by atoms with Gasteiger partial charge in [-0.25, -0.2) is 0 Å². The molecule has 0 radical (unpaired) electrons. The van der Waals surface area contributed by atoms with Crippen LogP contribution in [0.3, 0.4) is 0 Å². The molecule has 1 aromatic rings. The van der Waals surface area contributed by atoms with Gasteiger partial charge in [0.2, 0.25) is 0 Å².